The molecule has 0 aliphatic heterocycles. The van der Waals surface area contributed by atoms with Gasteiger partial charge in [-0.05, 0) is 6.42 Å². The molecule has 0 spiro atoms. The van der Waals surface area contributed by atoms with Crippen LogP contribution in [0, 0.1) is 0 Å². The third kappa shape index (κ3) is 11.9. The standard InChI is InChI=1S/C10H19FO2.Al.3H/c1-2-3-4-5-6-7-8-9-10(12)13-11;;;;/h2-9H2,1H3;;;;. The van der Waals surface area contributed by atoms with E-state index in [0.717, 1.165) is 19.3 Å². The fourth-order valence-corrected chi connectivity index (χ4v) is 1.27. The van der Waals surface area contributed by atoms with Crippen molar-refractivity contribution in [2.45, 2.75) is 58.3 Å². The number of hydrogen-bond donors (Lipinski definition) is 0. The van der Waals surface area contributed by atoms with Crippen molar-refractivity contribution < 1.29 is 14.3 Å². The largest absolute Gasteiger partial charge is 0.348 e. The highest BCUT2D eigenvalue weighted by Gasteiger charge is 2.01. The number of hydrogen-bond acceptors (Lipinski definition) is 2. The molecule has 84 valence electrons. The molecule has 0 bridgehead atoms. The first-order valence-electron chi connectivity index (χ1n) is 5.12. The smallest absolute Gasteiger partial charge is 0.255 e. The molecule has 4 heteroatoms. The minimum absolute atomic E-state index is 0. The van der Waals surface area contributed by atoms with Crippen molar-refractivity contribution >= 4 is 23.3 Å². The van der Waals surface area contributed by atoms with Crippen LogP contribution in [0.4, 0.5) is 4.53 Å². The highest BCUT2D eigenvalue weighted by molar-refractivity contribution is 5.75. The summed E-state index contributed by atoms with van der Waals surface area (Å²) in [4.78, 5) is 13.4. The van der Waals surface area contributed by atoms with E-state index in [4.69, 9.17) is 0 Å². The van der Waals surface area contributed by atoms with E-state index in [1.807, 2.05) is 0 Å². The minimum Gasteiger partial charge on any atom is -0.255 e. The SMILES string of the molecule is CCCCCCCCCC(=O)OF.[AlH3]. The van der Waals surface area contributed by atoms with Crippen LogP contribution in [0.5, 0.6) is 0 Å². The fraction of sp³-hybridized carbons (Fsp3) is 0.900. The van der Waals surface area contributed by atoms with Crippen LogP contribution in [0.15, 0.2) is 0 Å². The van der Waals surface area contributed by atoms with Crippen molar-refractivity contribution in [1.29, 1.82) is 0 Å². The molecule has 14 heavy (non-hydrogen) atoms. The number of carbonyl (C=O) groups is 1. The van der Waals surface area contributed by atoms with Gasteiger partial charge in [-0.15, -0.1) is 0 Å². The van der Waals surface area contributed by atoms with Crippen LogP contribution in [0.25, 0.3) is 0 Å². The van der Waals surface area contributed by atoms with Gasteiger partial charge >= 0.3 is 5.97 Å². The lowest BCUT2D eigenvalue weighted by Crippen LogP contribution is -1.96. The number of unbranched alkanes of at least 4 members (excludes halogenated alkanes) is 6. The van der Waals surface area contributed by atoms with Crippen LogP contribution in [-0.2, 0) is 9.74 Å². The van der Waals surface area contributed by atoms with Gasteiger partial charge in [-0.1, -0.05) is 45.4 Å². The Morgan fingerprint density at radius 3 is 2.07 bits per heavy atom. The van der Waals surface area contributed by atoms with Crippen molar-refractivity contribution in [2.24, 2.45) is 0 Å². The third-order valence-electron chi connectivity index (χ3n) is 2.07. The summed E-state index contributed by atoms with van der Waals surface area (Å²) < 4.78 is 11.2. The van der Waals surface area contributed by atoms with Crippen LogP contribution < -0.4 is 0 Å². The predicted molar refractivity (Wildman–Crippen MR) is 59.7 cm³/mol. The summed E-state index contributed by atoms with van der Waals surface area (Å²) in [5.74, 6) is -0.742. The van der Waals surface area contributed by atoms with E-state index in [9.17, 15) is 9.32 Å². The third-order valence-corrected chi connectivity index (χ3v) is 2.07. The monoisotopic (exact) mass is 220 g/mol. The van der Waals surface area contributed by atoms with E-state index in [0.29, 0.717) is 0 Å². The summed E-state index contributed by atoms with van der Waals surface area (Å²) in [6.07, 6.45) is 8.11. The molecule has 0 amide bonds. The van der Waals surface area contributed by atoms with Crippen LogP contribution in [-0.4, -0.2) is 23.3 Å². The Balaban J connectivity index is 0. The molecule has 0 unspecified atom stereocenters. The molecule has 2 nitrogen and oxygen atoms in total. The van der Waals surface area contributed by atoms with Gasteiger partial charge in [-0.2, -0.15) is 0 Å². The summed E-state index contributed by atoms with van der Waals surface area (Å²) in [6.45, 7) is 2.18. The predicted octanol–water partition coefficient (Wildman–Crippen LogP) is 2.37. The van der Waals surface area contributed by atoms with Gasteiger partial charge in [-0.25, -0.2) is 4.79 Å². The van der Waals surface area contributed by atoms with Gasteiger partial charge in [0, 0.05) is 10.9 Å². The van der Waals surface area contributed by atoms with E-state index >= 15 is 0 Å². The molecule has 0 aliphatic rings. The van der Waals surface area contributed by atoms with Crippen molar-refractivity contribution in [3.8, 4) is 0 Å². The van der Waals surface area contributed by atoms with Crippen molar-refractivity contribution in [1.82, 2.24) is 0 Å². The maximum absolute atomic E-state index is 11.2. The maximum atomic E-state index is 11.2. The van der Waals surface area contributed by atoms with Gasteiger partial charge in [0.05, 0.1) is 0 Å². The molecule has 0 atom stereocenters. The average Bonchev–Trinajstić information content (AvgIpc) is 2.16. The van der Waals surface area contributed by atoms with E-state index in [1.165, 1.54) is 25.7 Å². The molecule has 0 saturated heterocycles. The van der Waals surface area contributed by atoms with Crippen molar-refractivity contribution in [3.05, 3.63) is 0 Å². The van der Waals surface area contributed by atoms with Gasteiger partial charge in [0.15, 0.2) is 17.4 Å². The van der Waals surface area contributed by atoms with Crippen molar-refractivity contribution in [2.75, 3.05) is 0 Å². The zero-order chi connectivity index (χ0) is 9.94. The molecule has 0 N–H and O–H groups in total. The van der Waals surface area contributed by atoms with Crippen LogP contribution in [0.3, 0.4) is 0 Å². The summed E-state index contributed by atoms with van der Waals surface area (Å²) in [5.41, 5.74) is 0. The van der Waals surface area contributed by atoms with E-state index in [-0.39, 0.29) is 23.8 Å². The fourth-order valence-electron chi connectivity index (χ4n) is 1.27. The van der Waals surface area contributed by atoms with Crippen LogP contribution >= 0.6 is 0 Å². The summed E-state index contributed by atoms with van der Waals surface area (Å²) >= 11 is 0. The van der Waals surface area contributed by atoms with Gasteiger partial charge < -0.3 is 0 Å². The molecule has 0 fully saturated rings. The van der Waals surface area contributed by atoms with E-state index in [2.05, 4.69) is 11.9 Å². The van der Waals surface area contributed by atoms with E-state index in [1.54, 1.807) is 0 Å². The van der Waals surface area contributed by atoms with Crippen LogP contribution in [0.2, 0.25) is 0 Å². The second-order valence-corrected chi connectivity index (χ2v) is 3.32. The normalized spacial score (nSPS) is 9.29. The number of carbonyl (C=O) groups excluding carboxylic acids is 1. The Bertz CT molecular complexity index is 131. The number of halogens is 1. The summed E-state index contributed by atoms with van der Waals surface area (Å²) in [6, 6.07) is 0. The molecule has 0 heterocycles. The maximum Gasteiger partial charge on any atom is 0.348 e. The quantitative estimate of drug-likeness (QED) is 0.463. The van der Waals surface area contributed by atoms with Crippen LogP contribution in [0.1, 0.15) is 58.3 Å². The van der Waals surface area contributed by atoms with Crippen molar-refractivity contribution in [3.63, 3.8) is 0 Å². The molecule has 0 radical (unpaired) electrons. The highest BCUT2D eigenvalue weighted by Crippen LogP contribution is 2.08. The lowest BCUT2D eigenvalue weighted by atomic mass is 10.1. The molecule has 0 aromatic heterocycles. The second kappa shape index (κ2) is 12.9. The molecule has 0 rings (SSSR count). The molecular formula is C10H22AlFO2. The Morgan fingerprint density at radius 1 is 1.07 bits per heavy atom. The zero-order valence-electron chi connectivity index (χ0n) is 8.35. The molecule has 0 aliphatic carbocycles. The Hall–Kier alpha value is -0.0675. The average molecular weight is 220 g/mol. The zero-order valence-corrected chi connectivity index (χ0v) is 8.35. The topological polar surface area (TPSA) is 26.3 Å². The van der Waals surface area contributed by atoms with Gasteiger partial charge in [0.1, 0.15) is 0 Å². The molecule has 0 saturated carbocycles. The Labute approximate surface area is 96.2 Å². The minimum atomic E-state index is -0.742. The lowest BCUT2D eigenvalue weighted by Gasteiger charge is -1.98. The lowest BCUT2D eigenvalue weighted by molar-refractivity contribution is -0.183. The van der Waals surface area contributed by atoms with Gasteiger partial charge in [0.25, 0.3) is 0 Å². The first-order chi connectivity index (χ1) is 6.31. The van der Waals surface area contributed by atoms with E-state index < -0.39 is 5.97 Å². The first-order valence-corrected chi connectivity index (χ1v) is 5.12. The highest BCUT2D eigenvalue weighted by atomic mass is 27.0. The van der Waals surface area contributed by atoms with Gasteiger partial charge in [-0.3, -0.25) is 4.94 Å². The second-order valence-electron chi connectivity index (χ2n) is 3.32. The molecule has 0 aromatic carbocycles. The van der Waals surface area contributed by atoms with Gasteiger partial charge in [0.2, 0.25) is 0 Å². The Morgan fingerprint density at radius 2 is 1.57 bits per heavy atom. The molecule has 0 aromatic rings. The summed E-state index contributed by atoms with van der Waals surface area (Å²) in [7, 11) is 0. The first kappa shape index (κ1) is 16.4. The summed E-state index contributed by atoms with van der Waals surface area (Å²) in [5, 5.41) is 0. The number of rotatable bonds is 8. The Kier molecular flexibility index (Phi) is 15.1. The molecular weight excluding hydrogens is 198 g/mol.